The fourth-order valence-electron chi connectivity index (χ4n) is 1.28. The Morgan fingerprint density at radius 1 is 1.40 bits per heavy atom. The number of carbonyl (C=O) groups excluding carboxylic acids is 1. The molecule has 2 atom stereocenters. The van der Waals surface area contributed by atoms with E-state index in [0.29, 0.717) is 6.42 Å². The third-order valence-electron chi connectivity index (χ3n) is 2.27. The first-order valence-corrected chi connectivity index (χ1v) is 4.93. The molecule has 0 spiro atoms. The van der Waals surface area contributed by atoms with Gasteiger partial charge in [0.1, 0.15) is 6.17 Å². The van der Waals surface area contributed by atoms with E-state index in [9.17, 15) is 9.18 Å². The first kappa shape index (κ1) is 9.90. The van der Waals surface area contributed by atoms with Gasteiger partial charge in [0.15, 0.2) is 0 Å². The minimum atomic E-state index is -0.848. The van der Waals surface area contributed by atoms with E-state index in [1.807, 2.05) is 30.3 Å². The van der Waals surface area contributed by atoms with E-state index in [4.69, 9.17) is 0 Å². The summed E-state index contributed by atoms with van der Waals surface area (Å²) in [6, 6.07) is 9.25. The molecule has 0 saturated heterocycles. The summed E-state index contributed by atoms with van der Waals surface area (Å²) in [6.07, 6.45) is 2.75. The van der Waals surface area contributed by atoms with Crippen molar-refractivity contribution in [2.24, 2.45) is 0 Å². The van der Waals surface area contributed by atoms with Crippen molar-refractivity contribution >= 4 is 12.0 Å². The highest BCUT2D eigenvalue weighted by atomic mass is 19.1. The summed E-state index contributed by atoms with van der Waals surface area (Å²) < 4.78 is 12.5. The van der Waals surface area contributed by atoms with Crippen LogP contribution in [0.25, 0.3) is 6.08 Å². The van der Waals surface area contributed by atoms with E-state index in [2.05, 4.69) is 5.32 Å². The van der Waals surface area contributed by atoms with Crippen molar-refractivity contribution in [1.82, 2.24) is 5.32 Å². The summed E-state index contributed by atoms with van der Waals surface area (Å²) in [5.41, 5.74) is 0.959. The van der Waals surface area contributed by atoms with E-state index in [1.165, 1.54) is 6.08 Å². The first-order chi connectivity index (χ1) is 7.25. The number of nitrogens with one attached hydrogen (secondary N) is 1. The molecule has 1 amide bonds. The molecule has 1 aliphatic carbocycles. The SMILES string of the molecule is O=C(C=Cc1ccccc1)NC1CC1F. The average Bonchev–Trinajstić information content (AvgIpc) is 2.93. The molecule has 1 saturated carbocycles. The van der Waals surface area contributed by atoms with Gasteiger partial charge >= 0.3 is 0 Å². The van der Waals surface area contributed by atoms with E-state index < -0.39 is 6.17 Å². The van der Waals surface area contributed by atoms with Gasteiger partial charge in [-0.2, -0.15) is 0 Å². The van der Waals surface area contributed by atoms with Crippen molar-refractivity contribution in [3.63, 3.8) is 0 Å². The highest BCUT2D eigenvalue weighted by molar-refractivity contribution is 5.92. The maximum absolute atomic E-state index is 12.5. The van der Waals surface area contributed by atoms with Crippen molar-refractivity contribution in [2.45, 2.75) is 18.6 Å². The van der Waals surface area contributed by atoms with Crippen molar-refractivity contribution in [1.29, 1.82) is 0 Å². The monoisotopic (exact) mass is 205 g/mol. The van der Waals surface area contributed by atoms with Crippen molar-refractivity contribution < 1.29 is 9.18 Å². The number of alkyl halides is 1. The number of halogens is 1. The standard InChI is InChI=1S/C12H12FNO/c13-10-8-11(10)14-12(15)7-6-9-4-2-1-3-5-9/h1-7,10-11H,8H2,(H,14,15). The second-order valence-electron chi connectivity index (χ2n) is 3.61. The summed E-state index contributed by atoms with van der Waals surface area (Å²) >= 11 is 0. The Hall–Kier alpha value is -1.64. The van der Waals surface area contributed by atoms with Gasteiger partial charge in [-0.1, -0.05) is 30.3 Å². The number of carbonyl (C=O) groups is 1. The molecule has 1 aliphatic rings. The predicted molar refractivity (Wildman–Crippen MR) is 56.9 cm³/mol. The van der Waals surface area contributed by atoms with Gasteiger partial charge in [-0.25, -0.2) is 4.39 Å². The molecule has 0 aliphatic heterocycles. The van der Waals surface area contributed by atoms with Crippen LogP contribution in [0.3, 0.4) is 0 Å². The molecular formula is C12H12FNO. The van der Waals surface area contributed by atoms with Crippen LogP contribution < -0.4 is 5.32 Å². The summed E-state index contributed by atoms with van der Waals surface area (Å²) in [6.45, 7) is 0. The Bertz CT molecular complexity index is 374. The molecule has 2 rings (SSSR count). The van der Waals surface area contributed by atoms with Gasteiger partial charge in [0, 0.05) is 12.5 Å². The minimum Gasteiger partial charge on any atom is -0.347 e. The van der Waals surface area contributed by atoms with Gasteiger partial charge in [0.05, 0.1) is 6.04 Å². The highest BCUT2D eigenvalue weighted by Gasteiger charge is 2.38. The van der Waals surface area contributed by atoms with Crippen molar-refractivity contribution in [3.05, 3.63) is 42.0 Å². The number of hydrogen-bond donors (Lipinski definition) is 1. The van der Waals surface area contributed by atoms with Gasteiger partial charge in [0.25, 0.3) is 0 Å². The van der Waals surface area contributed by atoms with Gasteiger partial charge in [-0.05, 0) is 11.6 Å². The van der Waals surface area contributed by atoms with Crippen molar-refractivity contribution in [3.8, 4) is 0 Å². The second kappa shape index (κ2) is 4.26. The Labute approximate surface area is 87.8 Å². The fraction of sp³-hybridized carbons (Fsp3) is 0.250. The smallest absolute Gasteiger partial charge is 0.244 e. The van der Waals surface area contributed by atoms with Crippen LogP contribution in [0.5, 0.6) is 0 Å². The normalized spacial score (nSPS) is 24.1. The summed E-state index contributed by atoms with van der Waals surface area (Å²) in [5, 5.41) is 2.57. The van der Waals surface area contributed by atoms with Crippen LogP contribution in [0, 0.1) is 0 Å². The Morgan fingerprint density at radius 2 is 2.07 bits per heavy atom. The van der Waals surface area contributed by atoms with Gasteiger partial charge in [-0.15, -0.1) is 0 Å². The maximum atomic E-state index is 12.5. The zero-order valence-electron chi connectivity index (χ0n) is 8.19. The quantitative estimate of drug-likeness (QED) is 0.750. The van der Waals surface area contributed by atoms with Crippen LogP contribution in [0.2, 0.25) is 0 Å². The lowest BCUT2D eigenvalue weighted by atomic mass is 10.2. The minimum absolute atomic E-state index is 0.232. The largest absolute Gasteiger partial charge is 0.347 e. The molecule has 1 N–H and O–H groups in total. The van der Waals surface area contributed by atoms with Crippen LogP contribution in [-0.4, -0.2) is 18.1 Å². The lowest BCUT2D eigenvalue weighted by Crippen LogP contribution is -2.24. The highest BCUT2D eigenvalue weighted by Crippen LogP contribution is 2.24. The average molecular weight is 205 g/mol. The third kappa shape index (κ3) is 2.91. The van der Waals surface area contributed by atoms with Crippen LogP contribution in [0.1, 0.15) is 12.0 Å². The number of benzene rings is 1. The molecule has 1 aromatic rings. The Morgan fingerprint density at radius 3 is 2.67 bits per heavy atom. The van der Waals surface area contributed by atoms with E-state index in [1.54, 1.807) is 6.08 Å². The fourth-order valence-corrected chi connectivity index (χ4v) is 1.28. The van der Waals surface area contributed by atoms with Gasteiger partial charge in [0.2, 0.25) is 5.91 Å². The van der Waals surface area contributed by atoms with Crippen molar-refractivity contribution in [2.75, 3.05) is 0 Å². The summed E-state index contributed by atoms with van der Waals surface area (Å²) in [4.78, 5) is 11.2. The lowest BCUT2D eigenvalue weighted by Gasteiger charge is -1.96. The molecule has 3 heteroatoms. The Kier molecular flexibility index (Phi) is 2.81. The Balaban J connectivity index is 1.86. The zero-order chi connectivity index (χ0) is 10.7. The number of rotatable bonds is 3. The lowest BCUT2D eigenvalue weighted by molar-refractivity contribution is -0.116. The van der Waals surface area contributed by atoms with Crippen LogP contribution in [0.15, 0.2) is 36.4 Å². The zero-order valence-corrected chi connectivity index (χ0v) is 8.19. The molecule has 0 radical (unpaired) electrons. The predicted octanol–water partition coefficient (Wildman–Crippen LogP) is 1.93. The van der Waals surface area contributed by atoms with Gasteiger partial charge in [-0.3, -0.25) is 4.79 Å². The summed E-state index contributed by atoms with van der Waals surface area (Å²) in [7, 11) is 0. The molecule has 0 aromatic heterocycles. The second-order valence-corrected chi connectivity index (χ2v) is 3.61. The molecule has 2 nitrogen and oxygen atoms in total. The van der Waals surface area contributed by atoms with E-state index in [-0.39, 0.29) is 11.9 Å². The summed E-state index contributed by atoms with van der Waals surface area (Å²) in [5.74, 6) is -0.232. The van der Waals surface area contributed by atoms with Crippen LogP contribution in [0.4, 0.5) is 4.39 Å². The molecule has 0 heterocycles. The van der Waals surface area contributed by atoms with E-state index >= 15 is 0 Å². The molecule has 78 valence electrons. The molecule has 1 fully saturated rings. The molecule has 2 unspecified atom stereocenters. The molecule has 1 aromatic carbocycles. The van der Waals surface area contributed by atoms with Gasteiger partial charge < -0.3 is 5.32 Å². The maximum Gasteiger partial charge on any atom is 0.244 e. The first-order valence-electron chi connectivity index (χ1n) is 4.93. The number of amides is 1. The van der Waals surface area contributed by atoms with Crippen LogP contribution in [-0.2, 0) is 4.79 Å². The molecule has 0 bridgehead atoms. The number of hydrogen-bond acceptors (Lipinski definition) is 1. The van der Waals surface area contributed by atoms with Crippen LogP contribution >= 0.6 is 0 Å². The third-order valence-corrected chi connectivity index (χ3v) is 2.27. The molecule has 15 heavy (non-hydrogen) atoms. The topological polar surface area (TPSA) is 29.1 Å². The van der Waals surface area contributed by atoms with E-state index in [0.717, 1.165) is 5.56 Å². The molecular weight excluding hydrogens is 193 g/mol.